The van der Waals surface area contributed by atoms with Crippen molar-refractivity contribution >= 4 is 26.7 Å². The van der Waals surface area contributed by atoms with Gasteiger partial charge in [-0.05, 0) is 39.5 Å². The van der Waals surface area contributed by atoms with Crippen LogP contribution in [-0.4, -0.2) is 19.9 Å². The maximum atomic E-state index is 9.54. The number of phenols is 1. The molecule has 2 heterocycles. The fourth-order valence-electron chi connectivity index (χ4n) is 1.74. The molecule has 0 radical (unpaired) electrons. The van der Waals surface area contributed by atoms with Gasteiger partial charge in [0.1, 0.15) is 5.75 Å². The van der Waals surface area contributed by atoms with E-state index in [-0.39, 0.29) is 5.75 Å². The lowest BCUT2D eigenvalue weighted by Gasteiger charge is -2.05. The second kappa shape index (κ2) is 3.85. The maximum Gasteiger partial charge on any atom is 0.161 e. The smallest absolute Gasteiger partial charge is 0.161 e. The predicted molar refractivity (Wildman–Crippen MR) is 68.2 cm³/mol. The van der Waals surface area contributed by atoms with Crippen LogP contribution in [0.15, 0.2) is 47.3 Å². The SMILES string of the molecule is Oc1ccc2ccnc(-n3cc(Br)cn3)c2c1. The molecule has 3 rings (SSSR count). The van der Waals surface area contributed by atoms with E-state index in [1.54, 1.807) is 29.2 Å². The van der Waals surface area contributed by atoms with Crippen LogP contribution in [0.25, 0.3) is 16.6 Å². The van der Waals surface area contributed by atoms with E-state index in [1.165, 1.54) is 0 Å². The molecule has 0 unspecified atom stereocenters. The summed E-state index contributed by atoms with van der Waals surface area (Å²) in [5.74, 6) is 0.919. The summed E-state index contributed by atoms with van der Waals surface area (Å²) in [6, 6.07) is 7.10. The average molecular weight is 290 g/mol. The second-order valence-electron chi connectivity index (χ2n) is 3.64. The highest BCUT2D eigenvalue weighted by atomic mass is 79.9. The van der Waals surface area contributed by atoms with E-state index in [0.29, 0.717) is 5.82 Å². The first kappa shape index (κ1) is 10.3. The van der Waals surface area contributed by atoms with Crippen molar-refractivity contribution in [2.45, 2.75) is 0 Å². The van der Waals surface area contributed by atoms with Crippen LogP contribution in [0.2, 0.25) is 0 Å². The summed E-state index contributed by atoms with van der Waals surface area (Å²) in [5, 5.41) is 15.6. The van der Waals surface area contributed by atoms with Gasteiger partial charge >= 0.3 is 0 Å². The van der Waals surface area contributed by atoms with Crippen LogP contribution in [0.5, 0.6) is 5.75 Å². The van der Waals surface area contributed by atoms with Gasteiger partial charge in [-0.1, -0.05) is 6.07 Å². The highest BCUT2D eigenvalue weighted by Crippen LogP contribution is 2.24. The van der Waals surface area contributed by atoms with Gasteiger partial charge in [0.15, 0.2) is 5.82 Å². The standard InChI is InChI=1S/C12H8BrN3O/c13-9-6-15-16(7-9)12-11-5-10(17)2-1-8(11)3-4-14-12/h1-7,17H. The summed E-state index contributed by atoms with van der Waals surface area (Å²) in [5.41, 5.74) is 0. The molecule has 3 aromatic rings. The Balaban J connectivity index is 2.32. The van der Waals surface area contributed by atoms with Crippen LogP contribution in [0.3, 0.4) is 0 Å². The summed E-state index contributed by atoms with van der Waals surface area (Å²) in [6.45, 7) is 0. The number of fused-ring (bicyclic) bond motifs is 1. The van der Waals surface area contributed by atoms with Crippen LogP contribution in [0, 0.1) is 0 Å². The van der Waals surface area contributed by atoms with Crippen molar-refractivity contribution < 1.29 is 5.11 Å². The molecule has 0 aliphatic heterocycles. The van der Waals surface area contributed by atoms with Crippen molar-refractivity contribution in [1.29, 1.82) is 0 Å². The molecule has 0 atom stereocenters. The average Bonchev–Trinajstić information content (AvgIpc) is 2.75. The summed E-state index contributed by atoms with van der Waals surface area (Å²) in [4.78, 5) is 4.30. The molecule has 1 aromatic carbocycles. The Bertz CT molecular complexity index is 693. The van der Waals surface area contributed by atoms with Crippen molar-refractivity contribution in [1.82, 2.24) is 14.8 Å². The van der Waals surface area contributed by atoms with Gasteiger partial charge in [-0.2, -0.15) is 5.10 Å². The molecule has 17 heavy (non-hydrogen) atoms. The fraction of sp³-hybridized carbons (Fsp3) is 0. The van der Waals surface area contributed by atoms with Crippen molar-refractivity contribution in [2.75, 3.05) is 0 Å². The molecule has 0 aliphatic rings. The summed E-state index contributed by atoms with van der Waals surface area (Å²) >= 11 is 3.35. The van der Waals surface area contributed by atoms with Crippen LogP contribution >= 0.6 is 15.9 Å². The van der Waals surface area contributed by atoms with Gasteiger partial charge in [-0.25, -0.2) is 9.67 Å². The van der Waals surface area contributed by atoms with Crippen molar-refractivity contribution in [3.05, 3.63) is 47.3 Å². The number of phenolic OH excluding ortho intramolecular Hbond substituents is 1. The topological polar surface area (TPSA) is 50.9 Å². The number of nitrogens with zero attached hydrogens (tertiary/aromatic N) is 3. The molecule has 0 spiro atoms. The van der Waals surface area contributed by atoms with E-state index in [4.69, 9.17) is 0 Å². The summed E-state index contributed by atoms with van der Waals surface area (Å²) in [6.07, 6.45) is 5.25. The molecular weight excluding hydrogens is 282 g/mol. The minimum Gasteiger partial charge on any atom is -0.508 e. The largest absolute Gasteiger partial charge is 0.508 e. The van der Waals surface area contributed by atoms with Crippen molar-refractivity contribution in [2.24, 2.45) is 0 Å². The van der Waals surface area contributed by atoms with Crippen LogP contribution < -0.4 is 0 Å². The Morgan fingerprint density at radius 1 is 1.24 bits per heavy atom. The van der Waals surface area contributed by atoms with E-state index in [1.807, 2.05) is 18.3 Å². The van der Waals surface area contributed by atoms with Gasteiger partial charge in [0, 0.05) is 17.8 Å². The van der Waals surface area contributed by atoms with Gasteiger partial charge in [0.25, 0.3) is 0 Å². The number of halogens is 1. The molecular formula is C12H8BrN3O. The number of rotatable bonds is 1. The monoisotopic (exact) mass is 289 g/mol. The zero-order chi connectivity index (χ0) is 11.8. The Morgan fingerprint density at radius 2 is 2.12 bits per heavy atom. The predicted octanol–water partition coefficient (Wildman–Crippen LogP) is 2.89. The third-order valence-corrected chi connectivity index (χ3v) is 2.91. The lowest BCUT2D eigenvalue weighted by molar-refractivity contribution is 0.476. The Kier molecular flexibility index (Phi) is 2.33. The molecule has 0 saturated carbocycles. The Hall–Kier alpha value is -1.88. The van der Waals surface area contributed by atoms with E-state index < -0.39 is 0 Å². The third-order valence-electron chi connectivity index (χ3n) is 2.50. The normalized spacial score (nSPS) is 10.9. The Morgan fingerprint density at radius 3 is 2.88 bits per heavy atom. The number of benzene rings is 1. The first-order valence-electron chi connectivity index (χ1n) is 5.02. The van der Waals surface area contributed by atoms with Gasteiger partial charge in [0.05, 0.1) is 10.7 Å². The molecule has 0 aliphatic carbocycles. The minimum absolute atomic E-state index is 0.220. The lowest BCUT2D eigenvalue weighted by Crippen LogP contribution is -1.98. The molecule has 1 N–H and O–H groups in total. The number of aromatic nitrogens is 3. The molecule has 0 saturated heterocycles. The van der Waals surface area contributed by atoms with Gasteiger partial charge in [-0.3, -0.25) is 0 Å². The van der Waals surface area contributed by atoms with Crippen LogP contribution in [-0.2, 0) is 0 Å². The first-order valence-corrected chi connectivity index (χ1v) is 5.81. The minimum atomic E-state index is 0.220. The highest BCUT2D eigenvalue weighted by Gasteiger charge is 2.06. The number of pyridine rings is 1. The van der Waals surface area contributed by atoms with Crippen molar-refractivity contribution in [3.8, 4) is 11.6 Å². The number of hydrogen-bond acceptors (Lipinski definition) is 3. The highest BCUT2D eigenvalue weighted by molar-refractivity contribution is 9.10. The number of hydrogen-bond donors (Lipinski definition) is 1. The summed E-state index contributed by atoms with van der Waals surface area (Å²) in [7, 11) is 0. The zero-order valence-electron chi connectivity index (χ0n) is 8.71. The molecule has 2 aromatic heterocycles. The fourth-order valence-corrected chi connectivity index (χ4v) is 2.03. The molecule has 4 nitrogen and oxygen atoms in total. The Labute approximate surface area is 106 Å². The van der Waals surface area contributed by atoms with Gasteiger partial charge in [0.2, 0.25) is 0 Å². The maximum absolute atomic E-state index is 9.54. The van der Waals surface area contributed by atoms with E-state index >= 15 is 0 Å². The first-order chi connectivity index (χ1) is 8.24. The molecule has 0 amide bonds. The quantitative estimate of drug-likeness (QED) is 0.749. The van der Waals surface area contributed by atoms with Gasteiger partial charge < -0.3 is 5.11 Å². The molecule has 0 fully saturated rings. The second-order valence-corrected chi connectivity index (χ2v) is 4.56. The zero-order valence-corrected chi connectivity index (χ0v) is 10.3. The van der Waals surface area contributed by atoms with E-state index in [0.717, 1.165) is 15.2 Å². The third kappa shape index (κ3) is 1.78. The molecule has 5 heteroatoms. The molecule has 0 bridgehead atoms. The van der Waals surface area contributed by atoms with Gasteiger partial charge in [-0.15, -0.1) is 0 Å². The van der Waals surface area contributed by atoms with Crippen LogP contribution in [0.4, 0.5) is 0 Å². The summed E-state index contributed by atoms with van der Waals surface area (Å²) < 4.78 is 2.56. The van der Waals surface area contributed by atoms with E-state index in [9.17, 15) is 5.11 Å². The number of aromatic hydroxyl groups is 1. The lowest BCUT2D eigenvalue weighted by atomic mass is 10.1. The van der Waals surface area contributed by atoms with E-state index in [2.05, 4.69) is 26.0 Å². The van der Waals surface area contributed by atoms with Crippen LogP contribution in [0.1, 0.15) is 0 Å². The van der Waals surface area contributed by atoms with Crippen molar-refractivity contribution in [3.63, 3.8) is 0 Å². The molecule has 84 valence electrons.